The highest BCUT2D eigenvalue weighted by molar-refractivity contribution is 7.17. The summed E-state index contributed by atoms with van der Waals surface area (Å²) < 4.78 is 13.1. The van der Waals surface area contributed by atoms with Crippen molar-refractivity contribution in [3.05, 3.63) is 46.2 Å². The highest BCUT2D eigenvalue weighted by atomic mass is 32.1. The van der Waals surface area contributed by atoms with E-state index in [1.807, 2.05) is 6.07 Å². The molecule has 0 aliphatic rings. The number of rotatable bonds is 4. The molecule has 2 aromatic rings. The number of benzene rings is 1. The van der Waals surface area contributed by atoms with Gasteiger partial charge in [-0.2, -0.15) is 0 Å². The van der Waals surface area contributed by atoms with Crippen LogP contribution in [0.2, 0.25) is 0 Å². The van der Waals surface area contributed by atoms with Gasteiger partial charge in [0.25, 0.3) is 0 Å². The average Bonchev–Trinajstić information content (AvgIpc) is 2.71. The van der Waals surface area contributed by atoms with E-state index in [1.54, 1.807) is 24.9 Å². The molecule has 0 bridgehead atoms. The van der Waals surface area contributed by atoms with Crippen LogP contribution < -0.4 is 4.90 Å². The van der Waals surface area contributed by atoms with Crippen molar-refractivity contribution in [1.29, 1.82) is 0 Å². The first-order valence-corrected chi connectivity index (χ1v) is 6.45. The molecule has 1 heterocycles. The zero-order valence-electron chi connectivity index (χ0n) is 10.6. The molecule has 0 spiro atoms. The van der Waals surface area contributed by atoms with Crippen LogP contribution in [0.1, 0.15) is 20.9 Å². The first-order valence-electron chi connectivity index (χ1n) is 5.63. The Hall–Kier alpha value is -1.95. The molecule has 0 amide bonds. The van der Waals surface area contributed by atoms with E-state index in [2.05, 4.69) is 4.98 Å². The van der Waals surface area contributed by atoms with E-state index < -0.39 is 5.97 Å². The third kappa shape index (κ3) is 3.08. The number of carbonyl (C=O) groups is 1. The monoisotopic (exact) mass is 280 g/mol. The summed E-state index contributed by atoms with van der Waals surface area (Å²) in [5.74, 6) is -1.26. The van der Waals surface area contributed by atoms with Gasteiger partial charge in [-0.05, 0) is 24.6 Å². The summed E-state index contributed by atoms with van der Waals surface area (Å²) in [5, 5.41) is 9.60. The SMILES string of the molecule is Cc1nc(N(C)Cc2cccc(F)c2)sc1C(=O)O. The topological polar surface area (TPSA) is 53.4 Å². The van der Waals surface area contributed by atoms with Gasteiger partial charge in [0.15, 0.2) is 5.13 Å². The third-order valence-electron chi connectivity index (χ3n) is 2.61. The molecule has 1 N–H and O–H groups in total. The standard InChI is InChI=1S/C13H13FN2O2S/c1-8-11(12(17)18)19-13(15-8)16(2)7-9-4-3-5-10(14)6-9/h3-6H,7H2,1-2H3,(H,17,18). The quantitative estimate of drug-likeness (QED) is 0.935. The van der Waals surface area contributed by atoms with Gasteiger partial charge in [-0.25, -0.2) is 14.2 Å². The number of hydrogen-bond donors (Lipinski definition) is 1. The molecule has 1 aromatic carbocycles. The summed E-state index contributed by atoms with van der Waals surface area (Å²) >= 11 is 1.12. The van der Waals surface area contributed by atoms with Crippen LogP contribution >= 0.6 is 11.3 Å². The van der Waals surface area contributed by atoms with E-state index >= 15 is 0 Å². The molecule has 0 unspecified atom stereocenters. The number of nitrogens with zero attached hydrogens (tertiary/aromatic N) is 2. The van der Waals surface area contributed by atoms with Crippen molar-refractivity contribution in [2.24, 2.45) is 0 Å². The Labute approximate surface area is 114 Å². The molecular formula is C13H13FN2O2S. The zero-order chi connectivity index (χ0) is 14.0. The maximum absolute atomic E-state index is 13.1. The number of thiazole rings is 1. The van der Waals surface area contributed by atoms with Gasteiger partial charge >= 0.3 is 5.97 Å². The number of carboxylic acids is 1. The van der Waals surface area contributed by atoms with Crippen LogP contribution in [-0.4, -0.2) is 23.1 Å². The maximum Gasteiger partial charge on any atom is 0.347 e. The van der Waals surface area contributed by atoms with E-state index in [0.29, 0.717) is 17.4 Å². The number of aromatic nitrogens is 1. The molecule has 0 atom stereocenters. The minimum absolute atomic E-state index is 0.237. The maximum atomic E-state index is 13.1. The molecule has 100 valence electrons. The lowest BCUT2D eigenvalue weighted by atomic mass is 10.2. The van der Waals surface area contributed by atoms with Gasteiger partial charge in [-0.3, -0.25) is 0 Å². The Morgan fingerprint density at radius 3 is 2.84 bits per heavy atom. The molecule has 6 heteroatoms. The van der Waals surface area contributed by atoms with Crippen molar-refractivity contribution in [3.63, 3.8) is 0 Å². The first kappa shape index (κ1) is 13.5. The smallest absolute Gasteiger partial charge is 0.347 e. The minimum Gasteiger partial charge on any atom is -0.477 e. The Morgan fingerprint density at radius 2 is 2.26 bits per heavy atom. The lowest BCUT2D eigenvalue weighted by Crippen LogP contribution is -2.16. The number of aromatic carboxylic acids is 1. The fraction of sp³-hybridized carbons (Fsp3) is 0.231. The normalized spacial score (nSPS) is 10.5. The van der Waals surface area contributed by atoms with Crippen LogP contribution in [0.5, 0.6) is 0 Å². The molecule has 2 rings (SSSR count). The van der Waals surface area contributed by atoms with Crippen molar-refractivity contribution in [3.8, 4) is 0 Å². The van der Waals surface area contributed by atoms with Gasteiger partial charge in [0.2, 0.25) is 0 Å². The van der Waals surface area contributed by atoms with Crippen LogP contribution in [0.4, 0.5) is 9.52 Å². The lowest BCUT2D eigenvalue weighted by molar-refractivity contribution is 0.0701. The molecule has 0 aliphatic carbocycles. The summed E-state index contributed by atoms with van der Waals surface area (Å²) in [5.41, 5.74) is 1.31. The van der Waals surface area contributed by atoms with Gasteiger partial charge in [-0.15, -0.1) is 0 Å². The summed E-state index contributed by atoms with van der Waals surface area (Å²) in [6.45, 7) is 2.14. The van der Waals surface area contributed by atoms with Crippen LogP contribution in [0, 0.1) is 12.7 Å². The Kier molecular flexibility index (Phi) is 3.80. The fourth-order valence-corrected chi connectivity index (χ4v) is 2.59. The van der Waals surface area contributed by atoms with E-state index in [9.17, 15) is 9.18 Å². The fourth-order valence-electron chi connectivity index (χ4n) is 1.72. The Bertz CT molecular complexity index is 612. The van der Waals surface area contributed by atoms with Crippen LogP contribution in [0.15, 0.2) is 24.3 Å². The Balaban J connectivity index is 2.18. The summed E-state index contributed by atoms with van der Waals surface area (Å²) in [4.78, 5) is 17.2. The third-order valence-corrected chi connectivity index (χ3v) is 3.87. The molecule has 1 aromatic heterocycles. The molecular weight excluding hydrogens is 267 g/mol. The first-order chi connectivity index (χ1) is 8.97. The van der Waals surface area contributed by atoms with E-state index in [4.69, 9.17) is 5.11 Å². The average molecular weight is 280 g/mol. The van der Waals surface area contributed by atoms with Gasteiger partial charge in [0.05, 0.1) is 5.69 Å². The van der Waals surface area contributed by atoms with Crippen LogP contribution in [0.3, 0.4) is 0 Å². The van der Waals surface area contributed by atoms with E-state index in [-0.39, 0.29) is 10.7 Å². The number of anilines is 1. The predicted molar refractivity (Wildman–Crippen MR) is 72.3 cm³/mol. The van der Waals surface area contributed by atoms with Crippen molar-refractivity contribution in [2.45, 2.75) is 13.5 Å². The summed E-state index contributed by atoms with van der Waals surface area (Å²) in [7, 11) is 1.80. The second-order valence-electron chi connectivity index (χ2n) is 4.20. The van der Waals surface area contributed by atoms with Gasteiger partial charge in [-0.1, -0.05) is 23.5 Å². The van der Waals surface area contributed by atoms with E-state index in [1.165, 1.54) is 12.1 Å². The van der Waals surface area contributed by atoms with Gasteiger partial charge < -0.3 is 10.0 Å². The predicted octanol–water partition coefficient (Wildman–Crippen LogP) is 2.93. The van der Waals surface area contributed by atoms with E-state index in [0.717, 1.165) is 16.9 Å². The Morgan fingerprint density at radius 1 is 1.53 bits per heavy atom. The van der Waals surface area contributed by atoms with Crippen molar-refractivity contribution < 1.29 is 14.3 Å². The molecule has 4 nitrogen and oxygen atoms in total. The van der Waals surface area contributed by atoms with Gasteiger partial charge in [0, 0.05) is 13.6 Å². The second kappa shape index (κ2) is 5.36. The number of carboxylic acid groups (broad SMARTS) is 1. The minimum atomic E-state index is -0.972. The highest BCUT2D eigenvalue weighted by Crippen LogP contribution is 2.26. The van der Waals surface area contributed by atoms with Crippen molar-refractivity contribution in [2.75, 3.05) is 11.9 Å². The molecule has 0 aliphatic heterocycles. The van der Waals surface area contributed by atoms with Crippen molar-refractivity contribution >= 4 is 22.4 Å². The number of hydrogen-bond acceptors (Lipinski definition) is 4. The molecule has 0 fully saturated rings. The zero-order valence-corrected chi connectivity index (χ0v) is 11.4. The largest absolute Gasteiger partial charge is 0.477 e. The van der Waals surface area contributed by atoms with Gasteiger partial charge in [0.1, 0.15) is 10.7 Å². The van der Waals surface area contributed by atoms with Crippen molar-refractivity contribution in [1.82, 2.24) is 4.98 Å². The molecule has 0 saturated carbocycles. The number of halogens is 1. The molecule has 0 radical (unpaired) electrons. The molecule has 0 saturated heterocycles. The van der Waals surface area contributed by atoms with Crippen LogP contribution in [0.25, 0.3) is 0 Å². The molecule has 19 heavy (non-hydrogen) atoms. The summed E-state index contributed by atoms with van der Waals surface area (Å²) in [6, 6.07) is 6.31. The summed E-state index contributed by atoms with van der Waals surface area (Å²) in [6.07, 6.45) is 0. The highest BCUT2D eigenvalue weighted by Gasteiger charge is 2.16. The lowest BCUT2D eigenvalue weighted by Gasteiger charge is -2.15. The van der Waals surface area contributed by atoms with Crippen LogP contribution in [-0.2, 0) is 6.54 Å². The second-order valence-corrected chi connectivity index (χ2v) is 5.18. The number of aryl methyl sites for hydroxylation is 1.